The van der Waals surface area contributed by atoms with Crippen molar-refractivity contribution in [1.29, 1.82) is 0 Å². The number of aliphatic carboxylic acids is 1. The molecule has 1 fully saturated rings. The van der Waals surface area contributed by atoms with Crippen LogP contribution in [0.25, 0.3) is 0 Å². The molecule has 1 amide bonds. The summed E-state index contributed by atoms with van der Waals surface area (Å²) in [6.07, 6.45) is -0.686. The highest BCUT2D eigenvalue weighted by Crippen LogP contribution is 2.23. The van der Waals surface area contributed by atoms with Crippen LogP contribution in [0.5, 0.6) is 0 Å². The fourth-order valence-corrected chi connectivity index (χ4v) is 1.65. The zero-order chi connectivity index (χ0) is 13.2. The molecule has 2 atom stereocenters. The lowest BCUT2D eigenvalue weighted by Gasteiger charge is -2.26. The first-order valence-electron chi connectivity index (χ1n) is 5.29. The van der Waals surface area contributed by atoms with Gasteiger partial charge in [-0.1, -0.05) is 5.18 Å². The summed E-state index contributed by atoms with van der Waals surface area (Å²) < 4.78 is 5.07. The molecule has 0 spiro atoms. The van der Waals surface area contributed by atoms with Crippen molar-refractivity contribution in [2.45, 2.75) is 44.9 Å². The first-order chi connectivity index (χ1) is 7.74. The lowest BCUT2D eigenvalue weighted by molar-refractivity contribution is -0.142. The number of likely N-dealkylation sites (tertiary alicyclic amines) is 1. The molecule has 0 unspecified atom stereocenters. The van der Waals surface area contributed by atoms with Crippen LogP contribution in [0.1, 0.15) is 27.2 Å². The molecule has 1 aliphatic heterocycles. The maximum Gasteiger partial charge on any atom is 0.411 e. The largest absolute Gasteiger partial charge is 0.480 e. The van der Waals surface area contributed by atoms with Gasteiger partial charge in [0.05, 0.1) is 6.54 Å². The molecule has 0 radical (unpaired) electrons. The second-order valence-corrected chi connectivity index (χ2v) is 4.98. The highest BCUT2D eigenvalue weighted by Gasteiger charge is 2.42. The van der Waals surface area contributed by atoms with Crippen LogP contribution in [0.2, 0.25) is 0 Å². The van der Waals surface area contributed by atoms with Gasteiger partial charge in [-0.25, -0.2) is 9.59 Å². The van der Waals surface area contributed by atoms with Crippen LogP contribution in [-0.4, -0.2) is 46.3 Å². The van der Waals surface area contributed by atoms with E-state index in [4.69, 9.17) is 9.84 Å². The Labute approximate surface area is 98.7 Å². The Morgan fingerprint density at radius 2 is 2.00 bits per heavy atom. The number of rotatable bonds is 2. The second-order valence-electron chi connectivity index (χ2n) is 4.98. The zero-order valence-electron chi connectivity index (χ0n) is 10.0. The zero-order valence-corrected chi connectivity index (χ0v) is 10.0. The van der Waals surface area contributed by atoms with E-state index >= 15 is 0 Å². The number of hydrogen-bond acceptors (Lipinski definition) is 5. The quantitative estimate of drug-likeness (QED) is 0.736. The molecule has 17 heavy (non-hydrogen) atoms. The van der Waals surface area contributed by atoms with Crippen molar-refractivity contribution in [1.82, 2.24) is 4.90 Å². The van der Waals surface area contributed by atoms with Crippen molar-refractivity contribution in [3.63, 3.8) is 0 Å². The normalized spacial score (nSPS) is 24.5. The molecular weight excluding hydrogens is 228 g/mol. The Bertz CT molecular complexity index is 336. The van der Waals surface area contributed by atoms with Gasteiger partial charge < -0.3 is 9.84 Å². The number of hydrogen-bond donors (Lipinski definition) is 1. The monoisotopic (exact) mass is 244 g/mol. The maximum atomic E-state index is 11.7. The van der Waals surface area contributed by atoms with Crippen LogP contribution < -0.4 is 0 Å². The molecule has 7 nitrogen and oxygen atoms in total. The molecule has 0 aromatic heterocycles. The molecule has 1 rings (SSSR count). The van der Waals surface area contributed by atoms with Gasteiger partial charge in [0.1, 0.15) is 17.7 Å². The minimum absolute atomic E-state index is 0.00458. The van der Waals surface area contributed by atoms with Gasteiger partial charge in [0.15, 0.2) is 0 Å². The highest BCUT2D eigenvalue weighted by atomic mass is 16.6. The number of carbonyl (C=O) groups excluding carboxylic acids is 1. The van der Waals surface area contributed by atoms with Gasteiger partial charge in [-0.15, -0.1) is 0 Å². The summed E-state index contributed by atoms with van der Waals surface area (Å²) in [4.78, 5) is 34.1. The third kappa shape index (κ3) is 3.40. The van der Waals surface area contributed by atoms with Crippen LogP contribution in [0.4, 0.5) is 4.79 Å². The first kappa shape index (κ1) is 13.4. The van der Waals surface area contributed by atoms with E-state index in [1.165, 1.54) is 0 Å². The van der Waals surface area contributed by atoms with Crippen molar-refractivity contribution >= 4 is 12.1 Å². The highest BCUT2D eigenvalue weighted by molar-refractivity contribution is 5.81. The number of carbonyl (C=O) groups is 2. The summed E-state index contributed by atoms with van der Waals surface area (Å²) in [5.41, 5.74) is -0.702. The van der Waals surface area contributed by atoms with Crippen molar-refractivity contribution < 1.29 is 19.4 Å². The van der Waals surface area contributed by atoms with E-state index in [1.54, 1.807) is 20.8 Å². The van der Waals surface area contributed by atoms with Crippen LogP contribution in [-0.2, 0) is 9.53 Å². The number of amides is 1. The Morgan fingerprint density at radius 3 is 2.41 bits per heavy atom. The van der Waals surface area contributed by atoms with Gasteiger partial charge >= 0.3 is 12.1 Å². The number of ether oxygens (including phenoxy) is 1. The molecule has 0 aromatic carbocycles. The van der Waals surface area contributed by atoms with E-state index in [-0.39, 0.29) is 13.0 Å². The topological polar surface area (TPSA) is 96.3 Å². The Kier molecular flexibility index (Phi) is 3.69. The third-order valence-corrected chi connectivity index (χ3v) is 2.34. The van der Waals surface area contributed by atoms with Gasteiger partial charge in [0, 0.05) is 6.42 Å². The Morgan fingerprint density at radius 1 is 1.41 bits per heavy atom. The van der Waals surface area contributed by atoms with Gasteiger partial charge in [0.25, 0.3) is 0 Å². The third-order valence-electron chi connectivity index (χ3n) is 2.34. The summed E-state index contributed by atoms with van der Waals surface area (Å²) in [5, 5.41) is 11.7. The van der Waals surface area contributed by atoms with Gasteiger partial charge in [-0.3, -0.25) is 4.90 Å². The van der Waals surface area contributed by atoms with E-state index in [1.807, 2.05) is 0 Å². The fraction of sp³-hybridized carbons (Fsp3) is 0.800. The second kappa shape index (κ2) is 4.68. The first-order valence-corrected chi connectivity index (χ1v) is 5.29. The number of nitrogens with zero attached hydrogens (tertiary/aromatic N) is 2. The molecule has 1 aliphatic rings. The van der Waals surface area contributed by atoms with Gasteiger partial charge in [-0.05, 0) is 20.8 Å². The minimum Gasteiger partial charge on any atom is -0.480 e. The standard InChI is InChI=1S/C10H16N2O5/c1-10(2,3)17-9(15)12-5-6(11-16)4-7(12)8(13)14/h6-7H,4-5H2,1-3H3,(H,13,14)/t6-,7+/m1/s1. The van der Waals surface area contributed by atoms with Crippen LogP contribution >= 0.6 is 0 Å². The summed E-state index contributed by atoms with van der Waals surface area (Å²) >= 11 is 0. The van der Waals surface area contributed by atoms with Crippen LogP contribution in [0.3, 0.4) is 0 Å². The molecule has 0 aliphatic carbocycles. The summed E-state index contributed by atoms with van der Waals surface area (Å²) in [5.74, 6) is -1.15. The van der Waals surface area contributed by atoms with Crippen molar-refractivity contribution in [3.8, 4) is 0 Å². The number of carboxylic acids is 1. The molecule has 0 aromatic rings. The average Bonchev–Trinajstić information content (AvgIpc) is 2.58. The van der Waals surface area contributed by atoms with Crippen molar-refractivity contribution in [3.05, 3.63) is 4.91 Å². The lowest BCUT2D eigenvalue weighted by Crippen LogP contribution is -2.43. The molecular formula is C10H16N2O5. The predicted molar refractivity (Wildman–Crippen MR) is 58.6 cm³/mol. The number of nitroso groups, excluding NO2 is 1. The SMILES string of the molecule is CC(C)(C)OC(=O)N1C[C@H](N=O)C[C@H]1C(=O)O. The summed E-state index contributed by atoms with van der Waals surface area (Å²) in [7, 11) is 0. The Hall–Kier alpha value is -1.66. The fourth-order valence-electron chi connectivity index (χ4n) is 1.65. The molecule has 0 bridgehead atoms. The molecule has 1 heterocycles. The molecule has 7 heteroatoms. The van der Waals surface area contributed by atoms with E-state index < -0.39 is 29.7 Å². The minimum atomic E-state index is -1.15. The van der Waals surface area contributed by atoms with Crippen LogP contribution in [0.15, 0.2) is 5.18 Å². The van der Waals surface area contributed by atoms with E-state index in [2.05, 4.69) is 5.18 Å². The van der Waals surface area contributed by atoms with E-state index in [0.717, 1.165) is 4.90 Å². The number of carboxylic acid groups (broad SMARTS) is 1. The van der Waals surface area contributed by atoms with E-state index in [0.29, 0.717) is 0 Å². The van der Waals surface area contributed by atoms with Gasteiger partial charge in [-0.2, -0.15) is 4.91 Å². The van der Waals surface area contributed by atoms with Crippen LogP contribution in [0, 0.1) is 4.91 Å². The maximum absolute atomic E-state index is 11.7. The van der Waals surface area contributed by atoms with Crippen molar-refractivity contribution in [2.75, 3.05) is 6.54 Å². The smallest absolute Gasteiger partial charge is 0.411 e. The Balaban J connectivity index is 2.77. The van der Waals surface area contributed by atoms with Crippen molar-refractivity contribution in [2.24, 2.45) is 5.18 Å². The molecule has 1 saturated heterocycles. The summed E-state index contributed by atoms with van der Waals surface area (Å²) in [6, 6.07) is -1.71. The predicted octanol–water partition coefficient (Wildman–Crippen LogP) is 1.22. The average molecular weight is 244 g/mol. The lowest BCUT2D eigenvalue weighted by atomic mass is 10.2. The van der Waals surface area contributed by atoms with Gasteiger partial charge in [0.2, 0.25) is 0 Å². The molecule has 0 saturated carbocycles. The summed E-state index contributed by atoms with van der Waals surface area (Å²) in [6.45, 7) is 5.06. The molecule has 1 N–H and O–H groups in total. The van der Waals surface area contributed by atoms with E-state index in [9.17, 15) is 14.5 Å². The molecule has 96 valence electrons.